The van der Waals surface area contributed by atoms with Crippen molar-refractivity contribution in [1.29, 1.82) is 0 Å². The van der Waals surface area contributed by atoms with E-state index >= 15 is 0 Å². The third-order valence-corrected chi connectivity index (χ3v) is 10.8. The minimum Gasteiger partial charge on any atom is -0.294 e. The van der Waals surface area contributed by atoms with E-state index in [2.05, 4.69) is 17.9 Å². The van der Waals surface area contributed by atoms with E-state index in [4.69, 9.17) is 0 Å². The minimum absolute atomic E-state index is 0.313. The molecule has 0 saturated carbocycles. The number of carbonyl (C=O) groups is 1. The molecule has 0 radical (unpaired) electrons. The molecule has 0 aliphatic carbocycles. The van der Waals surface area contributed by atoms with Crippen molar-refractivity contribution in [3.63, 3.8) is 0 Å². The Kier molecular flexibility index (Phi) is 5.14. The second-order valence-electron chi connectivity index (χ2n) is 1.02. The topological polar surface area (TPSA) is 17.1 Å². The zero-order valence-electron chi connectivity index (χ0n) is 4.01. The van der Waals surface area contributed by atoms with Gasteiger partial charge < -0.3 is 0 Å². The lowest BCUT2D eigenvalue weighted by molar-refractivity contribution is -0.109. The van der Waals surface area contributed by atoms with Crippen LogP contribution in [0.3, 0.4) is 0 Å². The Bertz CT molecular complexity index is 72.1. The highest BCUT2D eigenvalue weighted by Gasteiger charge is 2.00. The normalized spacial score (nSPS) is 15.3. The SMILES string of the molecule is CC(=O)P(P)PP. The average Bonchev–Trinajstić information content (AvgIpc) is 1.65. The first kappa shape index (κ1) is 8.39. The summed E-state index contributed by atoms with van der Waals surface area (Å²) in [6.07, 6.45) is 0. The fourth-order valence-electron chi connectivity index (χ4n) is 0.0909. The van der Waals surface area contributed by atoms with Crippen LogP contribution in [0.1, 0.15) is 6.92 Å². The fraction of sp³-hybridized carbons (Fsp3) is 0.500. The highest BCUT2D eigenvalue weighted by molar-refractivity contribution is 8.66. The number of hydrogen-bond acceptors (Lipinski definition) is 1. The van der Waals surface area contributed by atoms with E-state index in [9.17, 15) is 4.79 Å². The molecule has 0 amide bonds. The van der Waals surface area contributed by atoms with Gasteiger partial charge in [-0.2, -0.15) is 0 Å². The van der Waals surface area contributed by atoms with Crippen LogP contribution in [0.5, 0.6) is 0 Å². The van der Waals surface area contributed by atoms with Gasteiger partial charge in [0.2, 0.25) is 0 Å². The van der Waals surface area contributed by atoms with E-state index in [-0.39, 0.29) is 7.30 Å². The van der Waals surface area contributed by atoms with Gasteiger partial charge in [-0.3, -0.25) is 4.79 Å². The molecule has 0 saturated heterocycles. The second kappa shape index (κ2) is 4.29. The summed E-state index contributed by atoms with van der Waals surface area (Å²) in [5.74, 6) is 0. The Balaban J connectivity index is 3.34. The summed E-state index contributed by atoms with van der Waals surface area (Å²) in [7, 11) is 5.47. The monoisotopic (exact) mass is 172 g/mol. The molecule has 1 nitrogen and oxygen atoms in total. The van der Waals surface area contributed by atoms with Gasteiger partial charge in [0.25, 0.3) is 0 Å². The molecule has 0 fully saturated rings. The van der Waals surface area contributed by atoms with Crippen molar-refractivity contribution in [2.24, 2.45) is 0 Å². The lowest BCUT2D eigenvalue weighted by atomic mass is 10.9. The number of rotatable bonds is 2. The fourth-order valence-corrected chi connectivity index (χ4v) is 2.45. The molecular formula is C2H8OP4. The van der Waals surface area contributed by atoms with Gasteiger partial charge in [0.05, 0.1) is 0 Å². The van der Waals surface area contributed by atoms with Gasteiger partial charge in [-0.1, -0.05) is 16.9 Å². The number of carbonyl (C=O) groups excluding carboxylic acids is 1. The Morgan fingerprint density at radius 3 is 2.29 bits per heavy atom. The maximum atomic E-state index is 10.4. The average molecular weight is 172 g/mol. The van der Waals surface area contributed by atoms with E-state index < -0.39 is 0 Å². The van der Waals surface area contributed by atoms with Gasteiger partial charge in [-0.25, -0.2) is 0 Å². The van der Waals surface area contributed by atoms with E-state index in [1.807, 2.05) is 0 Å². The lowest BCUT2D eigenvalue weighted by Gasteiger charge is -1.98. The first-order chi connectivity index (χ1) is 3.18. The van der Waals surface area contributed by atoms with Crippen molar-refractivity contribution < 1.29 is 4.79 Å². The molecule has 4 atom stereocenters. The molecule has 0 aromatic carbocycles. The van der Waals surface area contributed by atoms with Crippen LogP contribution in [0.4, 0.5) is 0 Å². The highest BCUT2D eigenvalue weighted by Crippen LogP contribution is 2.66. The van der Waals surface area contributed by atoms with Crippen molar-refractivity contribution in [3.05, 3.63) is 0 Å². The van der Waals surface area contributed by atoms with E-state index in [0.717, 1.165) is 0 Å². The number of hydrogen-bond donors (Lipinski definition) is 0. The summed E-state index contributed by atoms with van der Waals surface area (Å²) in [5.41, 5.74) is 0.313. The quantitative estimate of drug-likeness (QED) is 0.583. The van der Waals surface area contributed by atoms with Gasteiger partial charge in [0, 0.05) is 7.30 Å². The molecular weight excluding hydrogens is 164 g/mol. The Hall–Kier alpha value is 1.39. The van der Waals surface area contributed by atoms with Crippen LogP contribution in [-0.4, -0.2) is 5.52 Å². The van der Waals surface area contributed by atoms with Crippen molar-refractivity contribution in [2.45, 2.75) is 6.92 Å². The third kappa shape index (κ3) is 3.93. The van der Waals surface area contributed by atoms with Crippen LogP contribution in [-0.2, 0) is 4.79 Å². The highest BCUT2D eigenvalue weighted by atomic mass is 32.6. The largest absolute Gasteiger partial charge is 0.294 e. The Morgan fingerprint density at radius 1 is 1.86 bits per heavy atom. The van der Waals surface area contributed by atoms with E-state index in [0.29, 0.717) is 13.5 Å². The lowest BCUT2D eigenvalue weighted by Crippen LogP contribution is -1.71. The molecule has 0 aliphatic rings. The van der Waals surface area contributed by atoms with Crippen LogP contribution in [0.2, 0.25) is 0 Å². The minimum atomic E-state index is -0.369. The van der Waals surface area contributed by atoms with Crippen molar-refractivity contribution >= 4 is 38.6 Å². The molecule has 4 unspecified atom stereocenters. The van der Waals surface area contributed by atoms with Crippen molar-refractivity contribution in [3.8, 4) is 0 Å². The van der Waals surface area contributed by atoms with Gasteiger partial charge in [-0.05, 0) is 6.92 Å². The van der Waals surface area contributed by atoms with Crippen LogP contribution >= 0.6 is 33.1 Å². The molecule has 0 N–H and O–H groups in total. The van der Waals surface area contributed by atoms with Crippen molar-refractivity contribution in [1.82, 2.24) is 0 Å². The van der Waals surface area contributed by atoms with E-state index in [1.54, 1.807) is 6.92 Å². The molecule has 0 aliphatic heterocycles. The summed E-state index contributed by atoms with van der Waals surface area (Å²) in [4.78, 5) is 10.4. The van der Waals surface area contributed by atoms with Crippen LogP contribution < -0.4 is 0 Å². The summed E-state index contributed by atoms with van der Waals surface area (Å²) < 4.78 is 0. The van der Waals surface area contributed by atoms with E-state index in [1.165, 1.54) is 0 Å². The molecule has 0 bridgehead atoms. The maximum Gasteiger partial charge on any atom is 0.159 e. The predicted octanol–water partition coefficient (Wildman–Crippen LogP) is 2.19. The molecule has 5 heteroatoms. The molecule has 0 rings (SSSR count). The Labute approximate surface area is 51.0 Å². The molecule has 0 aromatic rings. The summed E-state index contributed by atoms with van der Waals surface area (Å²) in [6.45, 7) is 1.63. The molecule has 0 aromatic heterocycles. The Morgan fingerprint density at radius 2 is 2.29 bits per heavy atom. The zero-order valence-corrected chi connectivity index (χ0v) is 8.21. The summed E-state index contributed by atoms with van der Waals surface area (Å²) >= 11 is 0. The third-order valence-electron chi connectivity index (χ3n) is 0.478. The van der Waals surface area contributed by atoms with Gasteiger partial charge in [0.1, 0.15) is 0 Å². The maximum absolute atomic E-state index is 10.4. The van der Waals surface area contributed by atoms with Gasteiger partial charge in [0.15, 0.2) is 5.52 Å². The summed E-state index contributed by atoms with van der Waals surface area (Å²) in [6, 6.07) is 0. The standard InChI is InChI=1S/C2H8OP4/c1-2(3)7(5)6-4/h6H,4-5H2,1H3. The summed E-state index contributed by atoms with van der Waals surface area (Å²) in [5, 5.41) is 0. The van der Waals surface area contributed by atoms with Crippen LogP contribution in [0, 0.1) is 0 Å². The first-order valence-electron chi connectivity index (χ1n) is 1.70. The van der Waals surface area contributed by atoms with Crippen LogP contribution in [0.25, 0.3) is 0 Å². The zero-order chi connectivity index (χ0) is 5.86. The smallest absolute Gasteiger partial charge is 0.159 e. The van der Waals surface area contributed by atoms with Crippen LogP contribution in [0.15, 0.2) is 0 Å². The molecule has 0 heterocycles. The van der Waals surface area contributed by atoms with Crippen molar-refractivity contribution in [2.75, 3.05) is 0 Å². The van der Waals surface area contributed by atoms with Gasteiger partial charge >= 0.3 is 0 Å². The molecule has 0 spiro atoms. The van der Waals surface area contributed by atoms with Gasteiger partial charge in [-0.15, -0.1) is 8.93 Å². The predicted molar refractivity (Wildman–Crippen MR) is 45.3 cm³/mol. The molecule has 7 heavy (non-hydrogen) atoms. The molecule has 42 valence electrons. The second-order valence-corrected chi connectivity index (χ2v) is 10.3. The first-order valence-corrected chi connectivity index (χ1v) is 8.31.